The number of carbonyl (C=O) groups excluding carboxylic acids is 1. The predicted octanol–water partition coefficient (Wildman–Crippen LogP) is 3.87. The highest BCUT2D eigenvalue weighted by atomic mass is 32.1. The molecule has 2 aromatic heterocycles. The zero-order valence-electron chi connectivity index (χ0n) is 13.9. The Bertz CT molecular complexity index is 886. The number of phenolic OH excluding ortho intramolecular Hbond substituents is 1. The Hall–Kier alpha value is -2.38. The minimum atomic E-state index is -0.299. The van der Waals surface area contributed by atoms with Gasteiger partial charge in [0.25, 0.3) is 5.91 Å². The lowest BCUT2D eigenvalue weighted by Gasteiger charge is -2.07. The Morgan fingerprint density at radius 1 is 1.32 bits per heavy atom. The number of carbonyl (C=O) groups is 1. The van der Waals surface area contributed by atoms with E-state index in [2.05, 4.69) is 27.8 Å². The van der Waals surface area contributed by atoms with Gasteiger partial charge in [0, 0.05) is 22.9 Å². The molecule has 0 aliphatic heterocycles. The van der Waals surface area contributed by atoms with E-state index in [4.69, 9.17) is 4.74 Å². The van der Waals surface area contributed by atoms with Gasteiger partial charge in [-0.25, -0.2) is 4.98 Å². The third-order valence-electron chi connectivity index (χ3n) is 3.64. The fourth-order valence-electron chi connectivity index (χ4n) is 2.35. The van der Waals surface area contributed by atoms with Crippen LogP contribution in [0.25, 0.3) is 10.6 Å². The first-order valence-corrected chi connectivity index (χ1v) is 9.43. The van der Waals surface area contributed by atoms with Crippen LogP contribution in [-0.2, 0) is 6.42 Å². The van der Waals surface area contributed by atoms with E-state index in [1.54, 1.807) is 34.8 Å². The van der Waals surface area contributed by atoms with Crippen LogP contribution in [0.15, 0.2) is 35.7 Å². The molecule has 0 saturated carbocycles. The number of rotatable bonds is 6. The fraction of sp³-hybridized carbons (Fsp3) is 0.222. The molecule has 25 heavy (non-hydrogen) atoms. The van der Waals surface area contributed by atoms with Crippen LogP contribution in [0.4, 0.5) is 0 Å². The fourth-order valence-corrected chi connectivity index (χ4v) is 4.01. The van der Waals surface area contributed by atoms with Gasteiger partial charge in [0.2, 0.25) is 0 Å². The number of nitrogens with one attached hydrogen (secondary N) is 1. The van der Waals surface area contributed by atoms with Gasteiger partial charge in [-0.1, -0.05) is 0 Å². The number of ether oxygens (including phenoxy) is 1. The molecule has 1 amide bonds. The summed E-state index contributed by atoms with van der Waals surface area (Å²) in [6.45, 7) is 2.49. The molecule has 0 fully saturated rings. The van der Waals surface area contributed by atoms with Crippen molar-refractivity contribution in [2.75, 3.05) is 13.7 Å². The van der Waals surface area contributed by atoms with Crippen molar-refractivity contribution in [2.45, 2.75) is 13.3 Å². The van der Waals surface area contributed by atoms with Crippen LogP contribution in [-0.4, -0.2) is 29.7 Å². The second-order valence-corrected chi connectivity index (χ2v) is 7.64. The molecule has 2 N–H and O–H groups in total. The molecule has 3 rings (SSSR count). The third kappa shape index (κ3) is 4.18. The van der Waals surface area contributed by atoms with Crippen molar-refractivity contribution >= 4 is 28.6 Å². The molecule has 2 heterocycles. The minimum absolute atomic E-state index is 0.0887. The van der Waals surface area contributed by atoms with Crippen molar-refractivity contribution in [3.05, 3.63) is 51.2 Å². The normalized spacial score (nSPS) is 10.6. The molecule has 0 saturated heterocycles. The van der Waals surface area contributed by atoms with Gasteiger partial charge >= 0.3 is 0 Å². The smallest absolute Gasteiger partial charge is 0.255 e. The summed E-state index contributed by atoms with van der Waals surface area (Å²) in [6, 6.07) is 8.75. The van der Waals surface area contributed by atoms with Gasteiger partial charge < -0.3 is 15.2 Å². The second-order valence-electron chi connectivity index (χ2n) is 5.41. The molecule has 0 spiro atoms. The molecule has 0 aliphatic carbocycles. The molecule has 0 radical (unpaired) electrons. The molecule has 130 valence electrons. The van der Waals surface area contributed by atoms with Crippen molar-refractivity contribution in [1.29, 1.82) is 0 Å². The summed E-state index contributed by atoms with van der Waals surface area (Å²) in [4.78, 5) is 19.0. The van der Waals surface area contributed by atoms with E-state index in [0.29, 0.717) is 12.3 Å². The highest BCUT2D eigenvalue weighted by Crippen LogP contribution is 2.29. The number of aromatic hydroxyl groups is 1. The Kier molecular flexibility index (Phi) is 5.35. The summed E-state index contributed by atoms with van der Waals surface area (Å²) >= 11 is 3.32. The molecule has 0 unspecified atom stereocenters. The maximum Gasteiger partial charge on any atom is 0.255 e. The molecular formula is C18H18N2O3S2. The SMILES string of the molecule is COc1ccc(C(=O)NCCc2ccc(-c3csc(C)n3)s2)c(O)c1. The molecule has 3 aromatic rings. The summed E-state index contributed by atoms with van der Waals surface area (Å²) in [5.41, 5.74) is 1.25. The topological polar surface area (TPSA) is 71.5 Å². The van der Waals surface area contributed by atoms with Gasteiger partial charge in [-0.15, -0.1) is 22.7 Å². The molecule has 5 nitrogen and oxygen atoms in total. The van der Waals surface area contributed by atoms with E-state index in [0.717, 1.165) is 22.0 Å². The van der Waals surface area contributed by atoms with Gasteiger partial charge in [0.1, 0.15) is 11.5 Å². The van der Waals surface area contributed by atoms with Gasteiger partial charge in [-0.05, 0) is 37.6 Å². The van der Waals surface area contributed by atoms with E-state index in [9.17, 15) is 9.90 Å². The van der Waals surface area contributed by atoms with Crippen LogP contribution < -0.4 is 10.1 Å². The van der Waals surface area contributed by atoms with Crippen molar-refractivity contribution in [3.8, 4) is 22.1 Å². The average Bonchev–Trinajstić information content (AvgIpc) is 3.23. The zero-order chi connectivity index (χ0) is 17.8. The number of methoxy groups -OCH3 is 1. The highest BCUT2D eigenvalue weighted by Gasteiger charge is 2.12. The van der Waals surface area contributed by atoms with E-state index in [1.807, 2.05) is 6.92 Å². The first kappa shape index (κ1) is 17.4. The van der Waals surface area contributed by atoms with Crippen molar-refractivity contribution in [2.24, 2.45) is 0 Å². The number of amides is 1. The van der Waals surface area contributed by atoms with Gasteiger partial charge in [0.05, 0.1) is 28.3 Å². The van der Waals surface area contributed by atoms with Crippen LogP contribution in [0.1, 0.15) is 20.2 Å². The minimum Gasteiger partial charge on any atom is -0.507 e. The quantitative estimate of drug-likeness (QED) is 0.687. The van der Waals surface area contributed by atoms with Crippen LogP contribution in [0.5, 0.6) is 11.5 Å². The van der Waals surface area contributed by atoms with Crippen LogP contribution in [0.2, 0.25) is 0 Å². The van der Waals surface area contributed by atoms with Crippen molar-refractivity contribution in [1.82, 2.24) is 10.3 Å². The molecule has 7 heteroatoms. The van der Waals surface area contributed by atoms with E-state index in [-0.39, 0.29) is 17.2 Å². The summed E-state index contributed by atoms with van der Waals surface area (Å²) in [6.07, 6.45) is 0.733. The third-order valence-corrected chi connectivity index (χ3v) is 5.58. The first-order chi connectivity index (χ1) is 12.1. The lowest BCUT2D eigenvalue weighted by molar-refractivity contribution is 0.0951. The van der Waals surface area contributed by atoms with Gasteiger partial charge in [0.15, 0.2) is 0 Å². The Morgan fingerprint density at radius 3 is 2.84 bits per heavy atom. The lowest BCUT2D eigenvalue weighted by atomic mass is 10.1. The second kappa shape index (κ2) is 7.67. The number of thiophene rings is 1. The number of benzene rings is 1. The number of hydrogen-bond acceptors (Lipinski definition) is 6. The number of phenols is 1. The van der Waals surface area contributed by atoms with Gasteiger partial charge in [-0.3, -0.25) is 4.79 Å². The Labute approximate surface area is 153 Å². The lowest BCUT2D eigenvalue weighted by Crippen LogP contribution is -2.25. The monoisotopic (exact) mass is 374 g/mol. The molecular weight excluding hydrogens is 356 g/mol. The Balaban J connectivity index is 1.56. The van der Waals surface area contributed by atoms with E-state index >= 15 is 0 Å². The van der Waals surface area contributed by atoms with Crippen LogP contribution in [0.3, 0.4) is 0 Å². The number of thiazole rings is 1. The molecule has 0 atom stereocenters. The molecule has 0 aliphatic rings. The first-order valence-electron chi connectivity index (χ1n) is 7.73. The highest BCUT2D eigenvalue weighted by molar-refractivity contribution is 7.16. The number of nitrogens with zero attached hydrogens (tertiary/aromatic N) is 1. The summed E-state index contributed by atoms with van der Waals surface area (Å²) in [5, 5.41) is 15.8. The summed E-state index contributed by atoms with van der Waals surface area (Å²) in [5.74, 6) is 0.124. The largest absolute Gasteiger partial charge is 0.507 e. The standard InChI is InChI=1S/C18H18N2O3S2/c1-11-20-15(10-24-11)17-6-4-13(25-17)7-8-19-18(22)14-5-3-12(23-2)9-16(14)21/h3-6,9-10,21H,7-8H2,1-2H3,(H,19,22). The average molecular weight is 374 g/mol. The predicted molar refractivity (Wildman–Crippen MR) is 101 cm³/mol. The number of hydrogen-bond donors (Lipinski definition) is 2. The van der Waals surface area contributed by atoms with E-state index < -0.39 is 0 Å². The number of aryl methyl sites for hydroxylation is 1. The maximum atomic E-state index is 12.2. The van der Waals surface area contributed by atoms with E-state index in [1.165, 1.54) is 18.1 Å². The zero-order valence-corrected chi connectivity index (χ0v) is 15.5. The van der Waals surface area contributed by atoms with Crippen molar-refractivity contribution < 1.29 is 14.6 Å². The maximum absolute atomic E-state index is 12.2. The van der Waals surface area contributed by atoms with Crippen LogP contribution >= 0.6 is 22.7 Å². The summed E-state index contributed by atoms with van der Waals surface area (Å²) < 4.78 is 5.01. The molecule has 1 aromatic carbocycles. The number of aromatic nitrogens is 1. The van der Waals surface area contributed by atoms with Crippen molar-refractivity contribution in [3.63, 3.8) is 0 Å². The summed E-state index contributed by atoms with van der Waals surface area (Å²) in [7, 11) is 1.51. The van der Waals surface area contributed by atoms with Crippen LogP contribution in [0, 0.1) is 6.92 Å². The Morgan fingerprint density at radius 2 is 2.16 bits per heavy atom. The van der Waals surface area contributed by atoms with Gasteiger partial charge in [-0.2, -0.15) is 0 Å². The molecule has 0 bridgehead atoms.